The molecule has 0 amide bonds. The summed E-state index contributed by atoms with van der Waals surface area (Å²) in [5.74, 6) is 1.16. The number of carboxylic acid groups (broad SMARTS) is 1. The van der Waals surface area contributed by atoms with Crippen molar-refractivity contribution in [3.8, 4) is 0 Å². The Morgan fingerprint density at radius 2 is 1.95 bits per heavy atom. The normalized spacial score (nSPS) is 21.8. The molecular weight excluding hydrogens is 238 g/mol. The lowest BCUT2D eigenvalue weighted by Crippen LogP contribution is -2.33. The van der Waals surface area contributed by atoms with Crippen LogP contribution in [-0.2, 0) is 4.79 Å². The molecule has 3 unspecified atom stereocenters. The van der Waals surface area contributed by atoms with Crippen LogP contribution in [0.1, 0.15) is 71.6 Å². The molecule has 112 valence electrons. The van der Waals surface area contributed by atoms with Gasteiger partial charge in [0.2, 0.25) is 0 Å². The number of nitrogens with two attached hydrogens (primary N) is 1. The number of rotatable bonds is 8. The van der Waals surface area contributed by atoms with Gasteiger partial charge in [0.1, 0.15) is 0 Å². The molecule has 3 nitrogen and oxygen atoms in total. The average Bonchev–Trinajstić information content (AvgIpc) is 2.36. The minimum Gasteiger partial charge on any atom is -0.481 e. The van der Waals surface area contributed by atoms with Crippen molar-refractivity contribution in [2.24, 2.45) is 23.5 Å². The Balaban J connectivity index is 2.34. The van der Waals surface area contributed by atoms with Crippen molar-refractivity contribution < 1.29 is 9.90 Å². The van der Waals surface area contributed by atoms with Gasteiger partial charge in [-0.05, 0) is 30.6 Å². The first-order valence-corrected chi connectivity index (χ1v) is 8.00. The first kappa shape index (κ1) is 16.5. The maximum absolute atomic E-state index is 10.8. The van der Waals surface area contributed by atoms with Gasteiger partial charge in [-0.3, -0.25) is 4.79 Å². The van der Waals surface area contributed by atoms with Gasteiger partial charge in [0.25, 0.3) is 0 Å². The van der Waals surface area contributed by atoms with Crippen LogP contribution in [0.15, 0.2) is 0 Å². The van der Waals surface area contributed by atoms with E-state index < -0.39 is 5.97 Å². The number of carboxylic acids is 1. The second-order valence-electron chi connectivity index (χ2n) is 6.51. The lowest BCUT2D eigenvalue weighted by molar-refractivity contribution is -0.137. The molecule has 0 aromatic heterocycles. The van der Waals surface area contributed by atoms with Gasteiger partial charge < -0.3 is 10.8 Å². The molecule has 3 heteroatoms. The van der Waals surface area contributed by atoms with Crippen molar-refractivity contribution in [3.63, 3.8) is 0 Å². The SMILES string of the molecule is CCC(CC(C)CC1CCCCC1)C(N)CC(=O)O. The monoisotopic (exact) mass is 269 g/mol. The van der Waals surface area contributed by atoms with E-state index in [1.807, 2.05) is 0 Å². The summed E-state index contributed by atoms with van der Waals surface area (Å²) in [6.07, 6.45) is 10.5. The summed E-state index contributed by atoms with van der Waals surface area (Å²) in [6.45, 7) is 4.43. The summed E-state index contributed by atoms with van der Waals surface area (Å²) < 4.78 is 0. The number of carbonyl (C=O) groups is 1. The highest BCUT2D eigenvalue weighted by atomic mass is 16.4. The van der Waals surface area contributed by atoms with Crippen LogP contribution in [0.3, 0.4) is 0 Å². The van der Waals surface area contributed by atoms with E-state index in [0.29, 0.717) is 11.8 Å². The summed E-state index contributed by atoms with van der Waals surface area (Å²) in [7, 11) is 0. The minimum absolute atomic E-state index is 0.106. The average molecular weight is 269 g/mol. The highest BCUT2D eigenvalue weighted by Gasteiger charge is 2.23. The fraction of sp³-hybridized carbons (Fsp3) is 0.938. The van der Waals surface area contributed by atoms with Gasteiger partial charge in [-0.25, -0.2) is 0 Å². The predicted molar refractivity (Wildman–Crippen MR) is 79.0 cm³/mol. The van der Waals surface area contributed by atoms with Crippen molar-refractivity contribution >= 4 is 5.97 Å². The first-order valence-electron chi connectivity index (χ1n) is 8.00. The largest absolute Gasteiger partial charge is 0.481 e. The van der Waals surface area contributed by atoms with E-state index in [1.165, 1.54) is 38.5 Å². The minimum atomic E-state index is -0.772. The van der Waals surface area contributed by atoms with Crippen LogP contribution < -0.4 is 5.73 Å². The summed E-state index contributed by atoms with van der Waals surface area (Å²) in [4.78, 5) is 10.8. The molecule has 0 aromatic carbocycles. The molecule has 0 radical (unpaired) electrons. The Morgan fingerprint density at radius 1 is 1.32 bits per heavy atom. The zero-order valence-electron chi connectivity index (χ0n) is 12.6. The van der Waals surface area contributed by atoms with Crippen LogP contribution in [0.2, 0.25) is 0 Å². The Labute approximate surface area is 118 Å². The van der Waals surface area contributed by atoms with Crippen LogP contribution in [0.25, 0.3) is 0 Å². The molecule has 1 saturated carbocycles. The molecule has 0 aromatic rings. The van der Waals surface area contributed by atoms with Gasteiger partial charge in [-0.2, -0.15) is 0 Å². The van der Waals surface area contributed by atoms with E-state index in [9.17, 15) is 4.79 Å². The van der Waals surface area contributed by atoms with Crippen LogP contribution in [0.4, 0.5) is 0 Å². The molecule has 3 atom stereocenters. The molecule has 3 N–H and O–H groups in total. The molecule has 1 aliphatic rings. The van der Waals surface area contributed by atoms with E-state index >= 15 is 0 Å². The van der Waals surface area contributed by atoms with E-state index in [-0.39, 0.29) is 12.5 Å². The number of hydrogen-bond donors (Lipinski definition) is 2. The third kappa shape index (κ3) is 6.42. The maximum atomic E-state index is 10.8. The van der Waals surface area contributed by atoms with Crippen molar-refractivity contribution in [1.29, 1.82) is 0 Å². The van der Waals surface area contributed by atoms with Crippen LogP contribution in [0.5, 0.6) is 0 Å². The third-order valence-corrected chi connectivity index (χ3v) is 4.71. The molecule has 0 heterocycles. The molecule has 0 spiro atoms. The summed E-state index contributed by atoms with van der Waals surface area (Å²) in [6, 6.07) is -0.184. The quantitative estimate of drug-likeness (QED) is 0.704. The Morgan fingerprint density at radius 3 is 2.47 bits per heavy atom. The van der Waals surface area contributed by atoms with E-state index in [1.54, 1.807) is 0 Å². The predicted octanol–water partition coefficient (Wildman–Crippen LogP) is 3.81. The molecule has 1 aliphatic carbocycles. The highest BCUT2D eigenvalue weighted by Crippen LogP contribution is 2.32. The molecule has 1 rings (SSSR count). The maximum Gasteiger partial charge on any atom is 0.304 e. The summed E-state index contributed by atoms with van der Waals surface area (Å²) in [5, 5.41) is 8.84. The second kappa shape index (κ2) is 8.57. The Kier molecular flexibility index (Phi) is 7.44. The molecule has 0 aliphatic heterocycles. The zero-order valence-corrected chi connectivity index (χ0v) is 12.6. The van der Waals surface area contributed by atoms with Crippen LogP contribution in [-0.4, -0.2) is 17.1 Å². The lowest BCUT2D eigenvalue weighted by Gasteiger charge is -2.28. The van der Waals surface area contributed by atoms with Crippen LogP contribution in [0, 0.1) is 17.8 Å². The molecular formula is C16H31NO2. The Hall–Kier alpha value is -0.570. The van der Waals surface area contributed by atoms with Gasteiger partial charge in [-0.1, -0.05) is 52.4 Å². The van der Waals surface area contributed by atoms with E-state index in [4.69, 9.17) is 10.8 Å². The topological polar surface area (TPSA) is 63.3 Å². The van der Waals surface area contributed by atoms with Gasteiger partial charge in [0.05, 0.1) is 6.42 Å². The molecule has 1 fully saturated rings. The lowest BCUT2D eigenvalue weighted by atomic mass is 9.79. The molecule has 19 heavy (non-hydrogen) atoms. The first-order chi connectivity index (χ1) is 9.02. The Bertz CT molecular complexity index is 261. The smallest absolute Gasteiger partial charge is 0.304 e. The van der Waals surface area contributed by atoms with Gasteiger partial charge >= 0.3 is 5.97 Å². The number of aliphatic carboxylic acids is 1. The van der Waals surface area contributed by atoms with Gasteiger partial charge in [-0.15, -0.1) is 0 Å². The number of hydrogen-bond acceptors (Lipinski definition) is 2. The van der Waals surface area contributed by atoms with Crippen LogP contribution >= 0.6 is 0 Å². The van der Waals surface area contributed by atoms with Crippen molar-refractivity contribution in [2.75, 3.05) is 0 Å². The fourth-order valence-electron chi connectivity index (χ4n) is 3.62. The zero-order chi connectivity index (χ0) is 14.3. The standard InChI is InChI=1S/C16H31NO2/c1-3-14(15(17)11-16(18)19)10-12(2)9-13-7-5-4-6-8-13/h12-15H,3-11,17H2,1-2H3,(H,18,19). The third-order valence-electron chi connectivity index (χ3n) is 4.71. The van der Waals surface area contributed by atoms with E-state index in [2.05, 4.69) is 13.8 Å². The second-order valence-corrected chi connectivity index (χ2v) is 6.51. The van der Waals surface area contributed by atoms with Gasteiger partial charge in [0.15, 0.2) is 0 Å². The summed E-state index contributed by atoms with van der Waals surface area (Å²) >= 11 is 0. The fourth-order valence-corrected chi connectivity index (χ4v) is 3.62. The van der Waals surface area contributed by atoms with Crippen molar-refractivity contribution in [1.82, 2.24) is 0 Å². The highest BCUT2D eigenvalue weighted by molar-refractivity contribution is 5.67. The van der Waals surface area contributed by atoms with E-state index in [0.717, 1.165) is 18.8 Å². The van der Waals surface area contributed by atoms with Crippen molar-refractivity contribution in [2.45, 2.75) is 77.7 Å². The molecule has 0 bridgehead atoms. The van der Waals surface area contributed by atoms with Crippen molar-refractivity contribution in [3.05, 3.63) is 0 Å². The molecule has 0 saturated heterocycles. The summed E-state index contributed by atoms with van der Waals surface area (Å²) in [5.41, 5.74) is 6.03. The van der Waals surface area contributed by atoms with Gasteiger partial charge in [0, 0.05) is 6.04 Å².